The summed E-state index contributed by atoms with van der Waals surface area (Å²) in [6.07, 6.45) is 3.15. The minimum absolute atomic E-state index is 0.551. The van der Waals surface area contributed by atoms with E-state index in [1.165, 1.54) is 10.8 Å². The van der Waals surface area contributed by atoms with E-state index in [-0.39, 0.29) is 0 Å². The molecule has 0 aliphatic carbocycles. The Kier molecular flexibility index (Phi) is 7.71. The van der Waals surface area contributed by atoms with Crippen molar-refractivity contribution in [3.05, 3.63) is 207 Å². The summed E-state index contributed by atoms with van der Waals surface area (Å²) in [5, 5.41) is 4.61. The van der Waals surface area contributed by atoms with Crippen molar-refractivity contribution in [2.45, 2.75) is 0 Å². The Morgan fingerprint density at radius 3 is 1.56 bits per heavy atom. The Bertz CT molecular complexity index is 3140. The van der Waals surface area contributed by atoms with Crippen LogP contribution in [0, 0.1) is 0 Å². The van der Waals surface area contributed by atoms with E-state index in [0.717, 1.165) is 77.8 Å². The highest BCUT2D eigenvalue weighted by atomic mass is 15.2. The van der Waals surface area contributed by atoms with E-state index < -0.39 is 0 Å². The Morgan fingerprint density at radius 2 is 0.895 bits per heavy atom. The Balaban J connectivity index is 1.24. The number of nitrogens with zero attached hydrogens (tertiary/aromatic N) is 6. The molecule has 8 aromatic carbocycles. The predicted octanol–water partition coefficient (Wildman–Crippen LogP) is 12.9. The van der Waals surface area contributed by atoms with Crippen LogP contribution in [-0.4, -0.2) is 24.1 Å². The lowest BCUT2D eigenvalue weighted by atomic mass is 10.0. The second-order valence-corrected chi connectivity index (χ2v) is 14.2. The highest BCUT2D eigenvalue weighted by molar-refractivity contribution is 6.21. The fraction of sp³-hybridized carbons (Fsp3) is 0. The Labute approximate surface area is 329 Å². The third-order valence-electron chi connectivity index (χ3n) is 10.9. The van der Waals surface area contributed by atoms with Gasteiger partial charge >= 0.3 is 0 Å². The van der Waals surface area contributed by atoms with Gasteiger partial charge in [-0.25, -0.2) is 15.0 Å². The number of rotatable bonds is 7. The second-order valence-electron chi connectivity index (χ2n) is 14.2. The summed E-state index contributed by atoms with van der Waals surface area (Å²) in [5.41, 5.74) is 13.0. The topological polar surface area (TPSA) is 51.8 Å². The van der Waals surface area contributed by atoms with Gasteiger partial charge in [-0.05, 0) is 82.9 Å². The Hall–Kier alpha value is -7.83. The minimum atomic E-state index is 0.551. The first kappa shape index (κ1) is 32.6. The van der Waals surface area contributed by atoms with Crippen molar-refractivity contribution in [2.24, 2.45) is 0 Å². The lowest BCUT2D eigenvalue weighted by Crippen LogP contribution is -2.12. The molecule has 57 heavy (non-hydrogen) atoms. The quantitative estimate of drug-likeness (QED) is 0.164. The molecule has 0 aliphatic heterocycles. The molecular weight excluding hydrogens is 697 g/mol. The third kappa shape index (κ3) is 5.46. The maximum atomic E-state index is 4.79. The van der Waals surface area contributed by atoms with Gasteiger partial charge in [-0.1, -0.05) is 133 Å². The summed E-state index contributed by atoms with van der Waals surface area (Å²) in [5.74, 6) is 0.551. The van der Waals surface area contributed by atoms with Crippen molar-refractivity contribution in [1.29, 1.82) is 0 Å². The fourth-order valence-corrected chi connectivity index (χ4v) is 8.44. The van der Waals surface area contributed by atoms with Gasteiger partial charge in [-0.3, -0.25) is 4.57 Å². The van der Waals surface area contributed by atoms with Crippen LogP contribution in [0.4, 0.5) is 17.1 Å². The number of anilines is 3. The van der Waals surface area contributed by atoms with Gasteiger partial charge in [0.2, 0.25) is 5.95 Å². The molecular formula is C51H34N6. The number of hydrogen-bond donors (Lipinski definition) is 0. The van der Waals surface area contributed by atoms with Crippen molar-refractivity contribution in [3.63, 3.8) is 0 Å². The van der Waals surface area contributed by atoms with Crippen LogP contribution in [0.2, 0.25) is 0 Å². The van der Waals surface area contributed by atoms with Crippen LogP contribution >= 0.6 is 0 Å². The van der Waals surface area contributed by atoms with Gasteiger partial charge in [0, 0.05) is 38.6 Å². The van der Waals surface area contributed by atoms with Gasteiger partial charge in [0.15, 0.2) is 0 Å². The summed E-state index contributed by atoms with van der Waals surface area (Å²) < 4.78 is 4.57. The molecule has 0 saturated carbocycles. The van der Waals surface area contributed by atoms with Crippen LogP contribution in [0.5, 0.6) is 0 Å². The van der Waals surface area contributed by atoms with Gasteiger partial charge in [0.05, 0.1) is 27.8 Å². The molecule has 0 aliphatic rings. The number of benzene rings is 8. The minimum Gasteiger partial charge on any atom is -0.309 e. The molecule has 6 heteroatoms. The molecule has 6 nitrogen and oxygen atoms in total. The van der Waals surface area contributed by atoms with Crippen molar-refractivity contribution in [3.8, 4) is 33.9 Å². The van der Waals surface area contributed by atoms with Crippen LogP contribution in [-0.2, 0) is 0 Å². The molecule has 0 spiro atoms. The van der Waals surface area contributed by atoms with Gasteiger partial charge in [0.1, 0.15) is 12.7 Å². The average Bonchev–Trinajstić information content (AvgIpc) is 3.79. The molecule has 0 fully saturated rings. The smallest absolute Gasteiger partial charge is 0.237 e. The first-order valence-corrected chi connectivity index (χ1v) is 19.1. The number of aromatic nitrogens is 5. The summed E-state index contributed by atoms with van der Waals surface area (Å²) in [7, 11) is 0. The molecule has 11 aromatic rings. The molecule has 0 N–H and O–H groups in total. The van der Waals surface area contributed by atoms with E-state index in [1.54, 1.807) is 12.7 Å². The summed E-state index contributed by atoms with van der Waals surface area (Å²) >= 11 is 0. The maximum absolute atomic E-state index is 4.79. The standard InChI is InChI=1S/C51H34N6/c1-4-15-35(16-5-1)37-19-12-23-40(29-37)55(41-24-13-20-38(30-41)36-17-6-2-7-18-36)47-28-14-26-43-45-31-44-42-25-10-11-27-46(42)56(39-21-8-3-9-22-39)48(44)32-49(45)57(50(43)47)51-53-33-52-34-54-51/h1-34H. The lowest BCUT2D eigenvalue weighted by Gasteiger charge is -2.28. The van der Waals surface area contributed by atoms with Crippen LogP contribution in [0.3, 0.4) is 0 Å². The lowest BCUT2D eigenvalue weighted by molar-refractivity contribution is 0.939. The highest BCUT2D eigenvalue weighted by Gasteiger charge is 2.25. The molecule has 0 atom stereocenters. The van der Waals surface area contributed by atoms with E-state index in [0.29, 0.717) is 5.95 Å². The maximum Gasteiger partial charge on any atom is 0.237 e. The molecule has 0 bridgehead atoms. The molecule has 0 amide bonds. The predicted molar refractivity (Wildman–Crippen MR) is 234 cm³/mol. The first-order chi connectivity index (χ1) is 28.3. The van der Waals surface area contributed by atoms with Crippen LogP contribution in [0.25, 0.3) is 77.5 Å². The molecule has 0 radical (unpaired) electrons. The van der Waals surface area contributed by atoms with Gasteiger partial charge in [-0.15, -0.1) is 0 Å². The molecule has 268 valence electrons. The van der Waals surface area contributed by atoms with Gasteiger partial charge < -0.3 is 9.47 Å². The summed E-state index contributed by atoms with van der Waals surface area (Å²) in [4.78, 5) is 16.2. The first-order valence-electron chi connectivity index (χ1n) is 19.1. The van der Waals surface area contributed by atoms with Crippen molar-refractivity contribution < 1.29 is 0 Å². The molecule has 3 aromatic heterocycles. The van der Waals surface area contributed by atoms with Crippen LogP contribution < -0.4 is 4.90 Å². The second kappa shape index (κ2) is 13.5. The summed E-state index contributed by atoms with van der Waals surface area (Å²) in [6, 6.07) is 69.2. The van der Waals surface area contributed by atoms with Crippen LogP contribution in [0.1, 0.15) is 0 Å². The number of hydrogen-bond acceptors (Lipinski definition) is 4. The number of fused-ring (bicyclic) bond motifs is 6. The van der Waals surface area contributed by atoms with Crippen molar-refractivity contribution >= 4 is 60.7 Å². The SMILES string of the molecule is c1ccc(-c2cccc(N(c3cccc(-c4ccccc4)c3)c3cccc4c5cc6c7ccccc7n(-c7ccccc7)c6cc5n(-c5ncncn5)c34)c2)cc1. The Morgan fingerprint density at radius 1 is 0.368 bits per heavy atom. The molecule has 0 saturated heterocycles. The van der Waals surface area contributed by atoms with Gasteiger partial charge in [0.25, 0.3) is 0 Å². The van der Waals surface area contributed by atoms with E-state index in [9.17, 15) is 0 Å². The zero-order chi connectivity index (χ0) is 37.7. The third-order valence-corrected chi connectivity index (χ3v) is 10.9. The highest BCUT2D eigenvalue weighted by Crippen LogP contribution is 2.46. The number of para-hydroxylation sites is 3. The van der Waals surface area contributed by atoms with Crippen LogP contribution in [0.15, 0.2) is 207 Å². The monoisotopic (exact) mass is 730 g/mol. The van der Waals surface area contributed by atoms with Gasteiger partial charge in [-0.2, -0.15) is 0 Å². The average molecular weight is 731 g/mol. The zero-order valence-corrected chi connectivity index (χ0v) is 30.8. The van der Waals surface area contributed by atoms with E-state index in [2.05, 4.69) is 213 Å². The van der Waals surface area contributed by atoms with Crippen molar-refractivity contribution in [2.75, 3.05) is 4.90 Å². The van der Waals surface area contributed by atoms with E-state index >= 15 is 0 Å². The zero-order valence-electron chi connectivity index (χ0n) is 30.8. The summed E-state index contributed by atoms with van der Waals surface area (Å²) in [6.45, 7) is 0. The molecule has 11 rings (SSSR count). The molecule has 0 unspecified atom stereocenters. The fourth-order valence-electron chi connectivity index (χ4n) is 8.44. The largest absolute Gasteiger partial charge is 0.309 e. The van der Waals surface area contributed by atoms with E-state index in [1.807, 2.05) is 0 Å². The molecule has 3 heterocycles. The van der Waals surface area contributed by atoms with E-state index in [4.69, 9.17) is 9.97 Å². The normalized spacial score (nSPS) is 11.5. The van der Waals surface area contributed by atoms with Crippen molar-refractivity contribution in [1.82, 2.24) is 24.1 Å².